The first-order valence-electron chi connectivity index (χ1n) is 8.97. The Morgan fingerprint density at radius 1 is 1.07 bits per heavy atom. The molecular formula is C23H17FN2O2S. The van der Waals surface area contributed by atoms with Gasteiger partial charge in [-0.05, 0) is 60.5 Å². The molecule has 0 bridgehead atoms. The molecule has 3 aromatic carbocycles. The highest BCUT2D eigenvalue weighted by molar-refractivity contribution is 8.04. The molecule has 0 unspecified atom stereocenters. The topological polar surface area (TPSA) is 58.2 Å². The van der Waals surface area contributed by atoms with Crippen molar-refractivity contribution in [2.24, 2.45) is 0 Å². The van der Waals surface area contributed by atoms with Gasteiger partial charge in [0.05, 0.1) is 10.6 Å². The standard InChI is InChI=1S/C23H17FN2O2S/c1-14-11-17(24)8-9-18(14)25-22(27)16-7-10-20-19(13-16)26-23(28)21(29-20)12-15-5-3-2-4-6-15/h2-13H,1H3,(H,25,27)(H,26,28). The third-order valence-electron chi connectivity index (χ3n) is 4.47. The Labute approximate surface area is 171 Å². The molecule has 1 aliphatic heterocycles. The van der Waals surface area contributed by atoms with Crippen LogP contribution in [0, 0.1) is 12.7 Å². The molecule has 0 spiro atoms. The van der Waals surface area contributed by atoms with E-state index in [-0.39, 0.29) is 17.6 Å². The maximum atomic E-state index is 13.2. The molecule has 0 aliphatic carbocycles. The Morgan fingerprint density at radius 2 is 1.86 bits per heavy atom. The number of halogens is 1. The van der Waals surface area contributed by atoms with Gasteiger partial charge >= 0.3 is 0 Å². The monoisotopic (exact) mass is 404 g/mol. The van der Waals surface area contributed by atoms with Crippen LogP contribution in [0.1, 0.15) is 21.5 Å². The third kappa shape index (κ3) is 4.22. The lowest BCUT2D eigenvalue weighted by atomic mass is 10.1. The SMILES string of the molecule is Cc1cc(F)ccc1NC(=O)c1ccc2c(c1)NC(=O)C(=Cc1ccccc1)S2. The second-order valence-corrected chi connectivity index (χ2v) is 7.68. The van der Waals surface area contributed by atoms with Gasteiger partial charge in [-0.2, -0.15) is 0 Å². The van der Waals surface area contributed by atoms with Crippen molar-refractivity contribution in [3.05, 3.63) is 94.1 Å². The number of carbonyl (C=O) groups is 2. The Bertz CT molecular complexity index is 1140. The zero-order chi connectivity index (χ0) is 20.4. The van der Waals surface area contributed by atoms with Gasteiger partial charge in [0.1, 0.15) is 5.82 Å². The van der Waals surface area contributed by atoms with E-state index < -0.39 is 0 Å². The molecule has 4 nitrogen and oxygen atoms in total. The minimum atomic E-state index is -0.353. The van der Waals surface area contributed by atoms with Gasteiger partial charge in [0, 0.05) is 16.1 Å². The highest BCUT2D eigenvalue weighted by Crippen LogP contribution is 2.39. The summed E-state index contributed by atoms with van der Waals surface area (Å²) in [6.07, 6.45) is 1.83. The van der Waals surface area contributed by atoms with Crippen molar-refractivity contribution in [1.82, 2.24) is 0 Å². The normalized spacial score (nSPS) is 14.3. The molecule has 0 fully saturated rings. The molecule has 144 valence electrons. The van der Waals surface area contributed by atoms with Gasteiger partial charge in [0.25, 0.3) is 11.8 Å². The summed E-state index contributed by atoms with van der Waals surface area (Å²) in [6.45, 7) is 1.73. The number of rotatable bonds is 3. The number of thioether (sulfide) groups is 1. The van der Waals surface area contributed by atoms with Crippen LogP contribution in [0.2, 0.25) is 0 Å². The summed E-state index contributed by atoms with van der Waals surface area (Å²) in [5, 5.41) is 5.63. The fourth-order valence-electron chi connectivity index (χ4n) is 2.96. The van der Waals surface area contributed by atoms with Gasteiger partial charge in [-0.1, -0.05) is 42.1 Å². The third-order valence-corrected chi connectivity index (χ3v) is 5.57. The molecule has 2 amide bonds. The van der Waals surface area contributed by atoms with Crippen molar-refractivity contribution in [2.75, 3.05) is 10.6 Å². The smallest absolute Gasteiger partial charge is 0.262 e. The van der Waals surface area contributed by atoms with E-state index in [2.05, 4.69) is 10.6 Å². The van der Waals surface area contributed by atoms with Crippen molar-refractivity contribution in [2.45, 2.75) is 11.8 Å². The van der Waals surface area contributed by atoms with Crippen LogP contribution in [-0.2, 0) is 4.79 Å². The number of nitrogens with one attached hydrogen (secondary N) is 2. The summed E-state index contributed by atoms with van der Waals surface area (Å²) in [7, 11) is 0. The van der Waals surface area contributed by atoms with Gasteiger partial charge in [-0.3, -0.25) is 9.59 Å². The number of hydrogen-bond donors (Lipinski definition) is 2. The largest absolute Gasteiger partial charge is 0.322 e. The predicted molar refractivity (Wildman–Crippen MR) is 114 cm³/mol. The first-order valence-corrected chi connectivity index (χ1v) is 9.79. The van der Waals surface area contributed by atoms with Gasteiger partial charge < -0.3 is 10.6 Å². The molecule has 0 radical (unpaired) electrons. The van der Waals surface area contributed by atoms with Crippen molar-refractivity contribution < 1.29 is 14.0 Å². The minimum absolute atomic E-state index is 0.210. The van der Waals surface area contributed by atoms with Crippen molar-refractivity contribution in [3.8, 4) is 0 Å². The summed E-state index contributed by atoms with van der Waals surface area (Å²) >= 11 is 1.36. The molecule has 2 N–H and O–H groups in total. The highest BCUT2D eigenvalue weighted by atomic mass is 32.2. The van der Waals surface area contributed by atoms with E-state index in [0.717, 1.165) is 10.5 Å². The van der Waals surface area contributed by atoms with Crippen LogP contribution >= 0.6 is 11.8 Å². The zero-order valence-electron chi connectivity index (χ0n) is 15.5. The van der Waals surface area contributed by atoms with Crippen LogP contribution in [0.15, 0.2) is 76.5 Å². The Balaban J connectivity index is 1.55. The molecule has 1 aliphatic rings. The van der Waals surface area contributed by atoms with E-state index in [1.165, 1.54) is 30.0 Å². The average Bonchev–Trinajstić information content (AvgIpc) is 2.71. The Hall–Kier alpha value is -3.38. The number of fused-ring (bicyclic) bond motifs is 1. The van der Waals surface area contributed by atoms with Crippen LogP contribution in [0.5, 0.6) is 0 Å². The molecule has 0 aromatic heterocycles. The molecule has 4 rings (SSSR count). The summed E-state index contributed by atoms with van der Waals surface area (Å²) < 4.78 is 13.2. The number of carbonyl (C=O) groups excluding carboxylic acids is 2. The van der Waals surface area contributed by atoms with E-state index in [4.69, 9.17) is 0 Å². The van der Waals surface area contributed by atoms with E-state index in [9.17, 15) is 14.0 Å². The van der Waals surface area contributed by atoms with Crippen molar-refractivity contribution in [3.63, 3.8) is 0 Å². The second-order valence-electron chi connectivity index (χ2n) is 6.60. The fraction of sp³-hybridized carbons (Fsp3) is 0.0435. The lowest BCUT2D eigenvalue weighted by Gasteiger charge is -2.19. The second kappa shape index (κ2) is 7.93. The number of anilines is 2. The lowest BCUT2D eigenvalue weighted by molar-refractivity contribution is -0.112. The quantitative estimate of drug-likeness (QED) is 0.569. The molecular weight excluding hydrogens is 387 g/mol. The van der Waals surface area contributed by atoms with Crippen LogP contribution in [-0.4, -0.2) is 11.8 Å². The predicted octanol–water partition coefficient (Wildman–Crippen LogP) is 5.47. The molecule has 0 saturated heterocycles. The van der Waals surface area contributed by atoms with E-state index in [1.54, 1.807) is 19.1 Å². The fourth-order valence-corrected chi connectivity index (χ4v) is 3.90. The summed E-state index contributed by atoms with van der Waals surface area (Å²) in [5.74, 6) is -0.890. The van der Waals surface area contributed by atoms with Gasteiger partial charge in [-0.25, -0.2) is 4.39 Å². The maximum absolute atomic E-state index is 13.2. The summed E-state index contributed by atoms with van der Waals surface area (Å²) in [4.78, 5) is 26.5. The first kappa shape index (κ1) is 19.0. The van der Waals surface area contributed by atoms with Gasteiger partial charge in [0.15, 0.2) is 0 Å². The molecule has 6 heteroatoms. The zero-order valence-corrected chi connectivity index (χ0v) is 16.3. The molecule has 1 heterocycles. The van der Waals surface area contributed by atoms with Crippen LogP contribution < -0.4 is 10.6 Å². The first-order chi connectivity index (χ1) is 14.0. The van der Waals surface area contributed by atoms with Gasteiger partial charge in [-0.15, -0.1) is 0 Å². The molecule has 3 aromatic rings. The molecule has 0 saturated carbocycles. The van der Waals surface area contributed by atoms with E-state index >= 15 is 0 Å². The van der Waals surface area contributed by atoms with E-state index in [0.29, 0.717) is 27.4 Å². The lowest BCUT2D eigenvalue weighted by Crippen LogP contribution is -2.19. The summed E-state index contributed by atoms with van der Waals surface area (Å²) in [5.41, 5.74) is 3.12. The summed E-state index contributed by atoms with van der Waals surface area (Å²) in [6, 6.07) is 19.0. The van der Waals surface area contributed by atoms with Crippen LogP contribution in [0.4, 0.5) is 15.8 Å². The highest BCUT2D eigenvalue weighted by Gasteiger charge is 2.22. The number of benzene rings is 3. The van der Waals surface area contributed by atoms with Crippen LogP contribution in [0.3, 0.4) is 0 Å². The van der Waals surface area contributed by atoms with Crippen molar-refractivity contribution >= 4 is 41.0 Å². The minimum Gasteiger partial charge on any atom is -0.322 e. The van der Waals surface area contributed by atoms with E-state index in [1.807, 2.05) is 42.5 Å². The Morgan fingerprint density at radius 3 is 2.62 bits per heavy atom. The number of aryl methyl sites for hydroxylation is 1. The van der Waals surface area contributed by atoms with Gasteiger partial charge in [0.2, 0.25) is 0 Å². The van der Waals surface area contributed by atoms with Crippen molar-refractivity contribution in [1.29, 1.82) is 0 Å². The maximum Gasteiger partial charge on any atom is 0.262 e. The Kier molecular flexibility index (Phi) is 5.18. The average molecular weight is 404 g/mol. The number of amides is 2. The molecule has 29 heavy (non-hydrogen) atoms. The number of hydrogen-bond acceptors (Lipinski definition) is 3. The van der Waals surface area contributed by atoms with Crippen LogP contribution in [0.25, 0.3) is 6.08 Å². The molecule has 0 atom stereocenters.